The Kier molecular flexibility index (Phi) is 3.76. The van der Waals surface area contributed by atoms with Gasteiger partial charge in [-0.05, 0) is 31.7 Å². The van der Waals surface area contributed by atoms with Crippen LogP contribution >= 0.6 is 0 Å². The molecule has 5 nitrogen and oxygen atoms in total. The Balaban J connectivity index is 2.96. The number of hydrogen-bond donors (Lipinski definition) is 2. The molecule has 1 unspecified atom stereocenters. The molecule has 1 atom stereocenters. The van der Waals surface area contributed by atoms with E-state index in [-0.39, 0.29) is 5.69 Å². The molecule has 0 spiro atoms. The van der Waals surface area contributed by atoms with Gasteiger partial charge in [0.15, 0.2) is 0 Å². The molecule has 2 N–H and O–H groups in total. The van der Waals surface area contributed by atoms with Gasteiger partial charge < -0.3 is 10.4 Å². The van der Waals surface area contributed by atoms with Crippen LogP contribution < -0.4 is 5.32 Å². The van der Waals surface area contributed by atoms with E-state index in [0.29, 0.717) is 17.7 Å². The average molecular weight is 210 g/mol. The lowest BCUT2D eigenvalue weighted by atomic mass is 10.1. The summed E-state index contributed by atoms with van der Waals surface area (Å²) in [5.74, 6) is 0. The molecule has 0 aliphatic carbocycles. The lowest BCUT2D eigenvalue weighted by Crippen LogP contribution is -2.16. The van der Waals surface area contributed by atoms with Crippen molar-refractivity contribution in [2.24, 2.45) is 0 Å². The van der Waals surface area contributed by atoms with Crippen molar-refractivity contribution in [1.29, 1.82) is 0 Å². The summed E-state index contributed by atoms with van der Waals surface area (Å²) in [5, 5.41) is 23.0. The van der Waals surface area contributed by atoms with Crippen molar-refractivity contribution in [3.8, 4) is 0 Å². The van der Waals surface area contributed by atoms with Crippen LogP contribution in [0.25, 0.3) is 0 Å². The third kappa shape index (κ3) is 2.74. The molecule has 0 bridgehead atoms. The molecule has 0 saturated carbocycles. The first-order valence-electron chi connectivity index (χ1n) is 4.64. The van der Waals surface area contributed by atoms with Crippen molar-refractivity contribution in [3.05, 3.63) is 39.4 Å². The minimum Gasteiger partial charge on any atom is -0.387 e. The Hall–Kier alpha value is -1.46. The van der Waals surface area contributed by atoms with E-state index >= 15 is 0 Å². The number of nitrogens with zero attached hydrogens (tertiary/aromatic N) is 1. The molecule has 0 aliphatic heterocycles. The van der Waals surface area contributed by atoms with Crippen molar-refractivity contribution < 1.29 is 10.0 Å². The van der Waals surface area contributed by atoms with E-state index in [1.165, 1.54) is 6.07 Å². The molecule has 5 heteroatoms. The minimum atomic E-state index is -0.630. The van der Waals surface area contributed by atoms with Crippen LogP contribution in [0.5, 0.6) is 0 Å². The smallest absolute Gasteiger partial charge is 0.272 e. The highest BCUT2D eigenvalue weighted by Crippen LogP contribution is 2.22. The summed E-state index contributed by atoms with van der Waals surface area (Å²) in [6, 6.07) is 4.64. The van der Waals surface area contributed by atoms with Crippen molar-refractivity contribution in [2.75, 3.05) is 13.6 Å². The first kappa shape index (κ1) is 11.6. The molecule has 1 aromatic rings. The van der Waals surface area contributed by atoms with Crippen molar-refractivity contribution >= 4 is 5.69 Å². The first-order valence-corrected chi connectivity index (χ1v) is 4.64. The Morgan fingerprint density at radius 2 is 2.27 bits per heavy atom. The Labute approximate surface area is 87.9 Å². The maximum absolute atomic E-state index is 10.6. The van der Waals surface area contributed by atoms with Gasteiger partial charge in [0.1, 0.15) is 0 Å². The Bertz CT molecular complexity index is 366. The molecular formula is C10H14N2O3. The van der Waals surface area contributed by atoms with Gasteiger partial charge in [-0.25, -0.2) is 0 Å². The van der Waals surface area contributed by atoms with E-state index in [1.54, 1.807) is 26.1 Å². The maximum Gasteiger partial charge on any atom is 0.272 e. The molecule has 0 radical (unpaired) electrons. The van der Waals surface area contributed by atoms with Crippen LogP contribution in [0.15, 0.2) is 18.2 Å². The zero-order valence-electron chi connectivity index (χ0n) is 8.73. The summed E-state index contributed by atoms with van der Waals surface area (Å²) in [4.78, 5) is 10.1. The number of nitrogens with one attached hydrogen (secondary N) is 1. The summed E-state index contributed by atoms with van der Waals surface area (Å²) in [6.45, 7) is 2.09. The number of aryl methyl sites for hydroxylation is 1. The number of benzene rings is 1. The second-order valence-electron chi connectivity index (χ2n) is 3.38. The minimum absolute atomic E-state index is 0.0791. The molecule has 82 valence electrons. The summed E-state index contributed by atoms with van der Waals surface area (Å²) in [7, 11) is 1.74. The predicted octanol–water partition coefficient (Wildman–Crippen LogP) is 1.16. The van der Waals surface area contributed by atoms with Gasteiger partial charge >= 0.3 is 0 Å². The maximum atomic E-state index is 10.6. The number of aliphatic hydroxyl groups is 1. The molecular weight excluding hydrogens is 196 g/mol. The van der Waals surface area contributed by atoms with Gasteiger partial charge in [-0.2, -0.15) is 0 Å². The summed E-state index contributed by atoms with van der Waals surface area (Å²) in [6.07, 6.45) is -0.630. The van der Waals surface area contributed by atoms with Crippen molar-refractivity contribution in [3.63, 3.8) is 0 Å². The van der Waals surface area contributed by atoms with E-state index in [4.69, 9.17) is 0 Å². The Morgan fingerprint density at radius 3 is 2.73 bits per heavy atom. The van der Waals surface area contributed by atoms with Gasteiger partial charge in [0, 0.05) is 18.2 Å². The largest absolute Gasteiger partial charge is 0.387 e. The van der Waals surface area contributed by atoms with Gasteiger partial charge in [0.05, 0.1) is 11.0 Å². The lowest BCUT2D eigenvalue weighted by Gasteiger charge is -2.10. The number of likely N-dealkylation sites (N-methyl/N-ethyl adjacent to an activating group) is 1. The molecule has 0 aromatic heterocycles. The number of aliphatic hydroxyl groups excluding tert-OH is 1. The summed E-state index contributed by atoms with van der Waals surface area (Å²) >= 11 is 0. The van der Waals surface area contributed by atoms with E-state index < -0.39 is 11.0 Å². The molecule has 0 heterocycles. The molecule has 0 amide bonds. The van der Waals surface area contributed by atoms with Crippen LogP contribution in [-0.2, 0) is 0 Å². The first-order chi connectivity index (χ1) is 7.06. The van der Waals surface area contributed by atoms with Crippen LogP contribution in [-0.4, -0.2) is 23.6 Å². The van der Waals surface area contributed by atoms with Crippen LogP contribution in [0.1, 0.15) is 17.2 Å². The van der Waals surface area contributed by atoms with Gasteiger partial charge in [-0.15, -0.1) is 0 Å². The van der Waals surface area contributed by atoms with Gasteiger partial charge in [-0.3, -0.25) is 10.1 Å². The molecule has 0 fully saturated rings. The van der Waals surface area contributed by atoms with Crippen molar-refractivity contribution in [2.45, 2.75) is 13.0 Å². The SMILES string of the molecule is CNCC(O)c1ccc([N+](=O)[O-])c(C)c1. The van der Waals surface area contributed by atoms with Gasteiger partial charge in [0.2, 0.25) is 0 Å². The standard InChI is InChI=1S/C10H14N2O3/c1-7-5-8(10(13)6-11-2)3-4-9(7)12(14)15/h3-5,10-11,13H,6H2,1-2H3. The quantitative estimate of drug-likeness (QED) is 0.577. The van der Waals surface area contributed by atoms with E-state index in [1.807, 2.05) is 0 Å². The average Bonchev–Trinajstić information content (AvgIpc) is 2.17. The zero-order valence-corrected chi connectivity index (χ0v) is 8.73. The highest BCUT2D eigenvalue weighted by molar-refractivity contribution is 5.42. The third-order valence-electron chi connectivity index (χ3n) is 2.20. The molecule has 0 aliphatic rings. The molecule has 1 aromatic carbocycles. The third-order valence-corrected chi connectivity index (χ3v) is 2.20. The topological polar surface area (TPSA) is 75.4 Å². The number of nitro benzene ring substituents is 1. The molecule has 15 heavy (non-hydrogen) atoms. The van der Waals surface area contributed by atoms with Gasteiger partial charge in [-0.1, -0.05) is 0 Å². The fourth-order valence-corrected chi connectivity index (χ4v) is 1.40. The monoisotopic (exact) mass is 210 g/mol. The van der Waals surface area contributed by atoms with Crippen LogP contribution in [0.3, 0.4) is 0 Å². The second-order valence-corrected chi connectivity index (χ2v) is 3.38. The fourth-order valence-electron chi connectivity index (χ4n) is 1.40. The van der Waals surface area contributed by atoms with E-state index in [0.717, 1.165) is 0 Å². The van der Waals surface area contributed by atoms with Crippen LogP contribution in [0, 0.1) is 17.0 Å². The lowest BCUT2D eigenvalue weighted by molar-refractivity contribution is -0.385. The highest BCUT2D eigenvalue weighted by Gasteiger charge is 2.13. The van der Waals surface area contributed by atoms with E-state index in [9.17, 15) is 15.2 Å². The summed E-state index contributed by atoms with van der Waals surface area (Å²) < 4.78 is 0. The zero-order chi connectivity index (χ0) is 11.4. The van der Waals surface area contributed by atoms with Gasteiger partial charge in [0.25, 0.3) is 5.69 Å². The van der Waals surface area contributed by atoms with Crippen LogP contribution in [0.4, 0.5) is 5.69 Å². The molecule has 0 saturated heterocycles. The Morgan fingerprint density at radius 1 is 1.60 bits per heavy atom. The highest BCUT2D eigenvalue weighted by atomic mass is 16.6. The normalized spacial score (nSPS) is 12.5. The second kappa shape index (κ2) is 4.86. The van der Waals surface area contributed by atoms with Crippen LogP contribution in [0.2, 0.25) is 0 Å². The number of nitro groups is 1. The summed E-state index contributed by atoms with van der Waals surface area (Å²) in [5.41, 5.74) is 1.33. The number of rotatable bonds is 4. The predicted molar refractivity (Wildman–Crippen MR) is 56.7 cm³/mol. The fraction of sp³-hybridized carbons (Fsp3) is 0.400. The number of hydrogen-bond acceptors (Lipinski definition) is 4. The molecule has 1 rings (SSSR count). The van der Waals surface area contributed by atoms with E-state index in [2.05, 4.69) is 5.32 Å². The van der Waals surface area contributed by atoms with Crippen molar-refractivity contribution in [1.82, 2.24) is 5.32 Å².